The van der Waals surface area contributed by atoms with Crippen LogP contribution < -0.4 is 5.32 Å². The lowest BCUT2D eigenvalue weighted by molar-refractivity contribution is -0.143. The standard InChI is InChI=1S/C15H21NO4/c1-2-20-14(18)6-4-3-5-11-16-15(19)12-7-9-13(17)10-8-12/h7-10,17H,2-6,11H2,1H3,(H,16,19). The number of esters is 1. The van der Waals surface area contributed by atoms with Gasteiger partial charge < -0.3 is 15.2 Å². The summed E-state index contributed by atoms with van der Waals surface area (Å²) >= 11 is 0. The van der Waals surface area contributed by atoms with Gasteiger partial charge in [0.05, 0.1) is 6.61 Å². The molecule has 5 heteroatoms. The van der Waals surface area contributed by atoms with Crippen molar-refractivity contribution in [3.05, 3.63) is 29.8 Å². The van der Waals surface area contributed by atoms with Crippen LogP contribution in [0.2, 0.25) is 0 Å². The molecule has 1 aromatic rings. The number of carbonyl (C=O) groups is 2. The molecule has 0 radical (unpaired) electrons. The van der Waals surface area contributed by atoms with Crippen molar-refractivity contribution in [1.29, 1.82) is 0 Å². The first kappa shape index (κ1) is 16.0. The first-order chi connectivity index (χ1) is 9.63. The number of benzene rings is 1. The molecule has 1 aromatic carbocycles. The highest BCUT2D eigenvalue weighted by Crippen LogP contribution is 2.09. The lowest BCUT2D eigenvalue weighted by Crippen LogP contribution is -2.24. The minimum absolute atomic E-state index is 0.139. The molecule has 0 aliphatic carbocycles. The van der Waals surface area contributed by atoms with Crippen molar-refractivity contribution < 1.29 is 19.4 Å². The van der Waals surface area contributed by atoms with Crippen LogP contribution in [0.5, 0.6) is 5.75 Å². The van der Waals surface area contributed by atoms with E-state index in [2.05, 4.69) is 5.32 Å². The molecule has 0 aliphatic heterocycles. The van der Waals surface area contributed by atoms with Crippen molar-refractivity contribution in [2.45, 2.75) is 32.6 Å². The summed E-state index contributed by atoms with van der Waals surface area (Å²) < 4.78 is 4.83. The summed E-state index contributed by atoms with van der Waals surface area (Å²) in [5.41, 5.74) is 0.523. The maximum absolute atomic E-state index is 11.7. The normalized spacial score (nSPS) is 10.1. The fourth-order valence-corrected chi connectivity index (χ4v) is 1.72. The van der Waals surface area contributed by atoms with Crippen LogP contribution >= 0.6 is 0 Å². The van der Waals surface area contributed by atoms with Crippen LogP contribution in [0.3, 0.4) is 0 Å². The van der Waals surface area contributed by atoms with Gasteiger partial charge in [-0.25, -0.2) is 0 Å². The Morgan fingerprint density at radius 2 is 1.85 bits per heavy atom. The summed E-state index contributed by atoms with van der Waals surface area (Å²) in [6, 6.07) is 6.11. The quantitative estimate of drug-likeness (QED) is 0.565. The van der Waals surface area contributed by atoms with Gasteiger partial charge in [0.15, 0.2) is 0 Å². The second-order valence-corrected chi connectivity index (χ2v) is 4.42. The molecule has 20 heavy (non-hydrogen) atoms. The maximum atomic E-state index is 11.7. The molecule has 110 valence electrons. The third kappa shape index (κ3) is 6.22. The molecule has 1 amide bonds. The Bertz CT molecular complexity index is 428. The molecule has 0 atom stereocenters. The van der Waals surface area contributed by atoms with Gasteiger partial charge in [0.1, 0.15) is 5.75 Å². The molecule has 0 heterocycles. The van der Waals surface area contributed by atoms with Crippen LogP contribution in [-0.4, -0.2) is 30.1 Å². The largest absolute Gasteiger partial charge is 0.508 e. The smallest absolute Gasteiger partial charge is 0.305 e. The second kappa shape index (κ2) is 8.96. The summed E-state index contributed by atoms with van der Waals surface area (Å²) in [7, 11) is 0. The summed E-state index contributed by atoms with van der Waals surface area (Å²) in [6.45, 7) is 2.78. The number of phenolic OH excluding ortho intramolecular Hbond substituents is 1. The highest BCUT2D eigenvalue weighted by Gasteiger charge is 2.04. The monoisotopic (exact) mass is 279 g/mol. The predicted molar refractivity (Wildman–Crippen MR) is 75.5 cm³/mol. The fraction of sp³-hybridized carbons (Fsp3) is 0.467. The Balaban J connectivity index is 2.10. The number of hydrogen-bond acceptors (Lipinski definition) is 4. The highest BCUT2D eigenvalue weighted by molar-refractivity contribution is 5.94. The second-order valence-electron chi connectivity index (χ2n) is 4.42. The lowest BCUT2D eigenvalue weighted by Gasteiger charge is -2.05. The zero-order chi connectivity index (χ0) is 14.8. The van der Waals surface area contributed by atoms with E-state index < -0.39 is 0 Å². The number of rotatable bonds is 8. The molecule has 0 aliphatic rings. The van der Waals surface area contributed by atoms with Gasteiger partial charge in [-0.1, -0.05) is 6.42 Å². The molecule has 0 spiro atoms. The number of amides is 1. The number of carbonyl (C=O) groups excluding carboxylic acids is 2. The van der Waals surface area contributed by atoms with Gasteiger partial charge in [-0.3, -0.25) is 9.59 Å². The van der Waals surface area contributed by atoms with E-state index in [1.165, 1.54) is 12.1 Å². The van der Waals surface area contributed by atoms with E-state index in [0.29, 0.717) is 25.1 Å². The minimum Gasteiger partial charge on any atom is -0.508 e. The topological polar surface area (TPSA) is 75.6 Å². The first-order valence-corrected chi connectivity index (χ1v) is 6.86. The number of unbranched alkanes of at least 4 members (excludes halogenated alkanes) is 2. The van der Waals surface area contributed by atoms with E-state index in [0.717, 1.165) is 19.3 Å². The molecule has 0 bridgehead atoms. The molecule has 1 rings (SSSR count). The molecular weight excluding hydrogens is 258 g/mol. The molecule has 2 N–H and O–H groups in total. The van der Waals surface area contributed by atoms with Crippen LogP contribution in [0.4, 0.5) is 0 Å². The van der Waals surface area contributed by atoms with E-state index in [1.54, 1.807) is 19.1 Å². The van der Waals surface area contributed by atoms with Gasteiger partial charge >= 0.3 is 5.97 Å². The van der Waals surface area contributed by atoms with Crippen LogP contribution in [0.15, 0.2) is 24.3 Å². The molecule has 0 saturated heterocycles. The van der Waals surface area contributed by atoms with E-state index >= 15 is 0 Å². The van der Waals surface area contributed by atoms with E-state index in [4.69, 9.17) is 9.84 Å². The Hall–Kier alpha value is -2.04. The van der Waals surface area contributed by atoms with E-state index in [9.17, 15) is 9.59 Å². The van der Waals surface area contributed by atoms with Crippen molar-refractivity contribution in [2.75, 3.05) is 13.2 Å². The molecule has 0 fully saturated rings. The number of hydrogen-bond donors (Lipinski definition) is 2. The predicted octanol–water partition coefficient (Wildman–Crippen LogP) is 2.25. The Morgan fingerprint density at radius 3 is 2.50 bits per heavy atom. The maximum Gasteiger partial charge on any atom is 0.305 e. The average molecular weight is 279 g/mol. The van der Waals surface area contributed by atoms with E-state index in [-0.39, 0.29) is 17.6 Å². The van der Waals surface area contributed by atoms with Crippen LogP contribution in [0.25, 0.3) is 0 Å². The van der Waals surface area contributed by atoms with E-state index in [1.807, 2.05) is 0 Å². The fourth-order valence-electron chi connectivity index (χ4n) is 1.72. The third-order valence-electron chi connectivity index (χ3n) is 2.78. The zero-order valence-electron chi connectivity index (χ0n) is 11.7. The Labute approximate surface area is 118 Å². The van der Waals surface area contributed by atoms with Crippen molar-refractivity contribution in [1.82, 2.24) is 5.32 Å². The van der Waals surface area contributed by atoms with Crippen molar-refractivity contribution >= 4 is 11.9 Å². The Kier molecular flexibility index (Phi) is 7.17. The summed E-state index contributed by atoms with van der Waals surface area (Å²) in [5.74, 6) is -0.184. The third-order valence-corrected chi connectivity index (χ3v) is 2.78. The number of nitrogens with one attached hydrogen (secondary N) is 1. The van der Waals surface area contributed by atoms with Gasteiger partial charge in [0.25, 0.3) is 5.91 Å². The SMILES string of the molecule is CCOC(=O)CCCCCNC(=O)c1ccc(O)cc1. The number of phenols is 1. The van der Waals surface area contributed by atoms with Gasteiger partial charge in [-0.15, -0.1) is 0 Å². The minimum atomic E-state index is -0.166. The molecule has 0 unspecified atom stereocenters. The molecule has 5 nitrogen and oxygen atoms in total. The first-order valence-electron chi connectivity index (χ1n) is 6.86. The lowest BCUT2D eigenvalue weighted by atomic mass is 10.2. The van der Waals surface area contributed by atoms with Gasteiger partial charge in [0.2, 0.25) is 0 Å². The van der Waals surface area contributed by atoms with Crippen LogP contribution in [0.1, 0.15) is 43.0 Å². The molecule has 0 aromatic heterocycles. The van der Waals surface area contributed by atoms with Gasteiger partial charge in [0, 0.05) is 18.5 Å². The van der Waals surface area contributed by atoms with Crippen LogP contribution in [0, 0.1) is 0 Å². The number of ether oxygens (including phenoxy) is 1. The summed E-state index contributed by atoms with van der Waals surface area (Å²) in [4.78, 5) is 22.8. The zero-order valence-corrected chi connectivity index (χ0v) is 11.7. The van der Waals surface area contributed by atoms with Gasteiger partial charge in [-0.2, -0.15) is 0 Å². The molecule has 0 saturated carbocycles. The summed E-state index contributed by atoms with van der Waals surface area (Å²) in [6.07, 6.45) is 2.89. The summed E-state index contributed by atoms with van der Waals surface area (Å²) in [5, 5.41) is 11.9. The average Bonchev–Trinajstić information content (AvgIpc) is 2.43. The number of aromatic hydroxyl groups is 1. The van der Waals surface area contributed by atoms with Crippen molar-refractivity contribution in [3.8, 4) is 5.75 Å². The highest BCUT2D eigenvalue weighted by atomic mass is 16.5. The Morgan fingerprint density at radius 1 is 1.15 bits per heavy atom. The van der Waals surface area contributed by atoms with Crippen LogP contribution in [-0.2, 0) is 9.53 Å². The van der Waals surface area contributed by atoms with Crippen molar-refractivity contribution in [2.24, 2.45) is 0 Å². The molecular formula is C15H21NO4. The van der Waals surface area contributed by atoms with Gasteiger partial charge in [-0.05, 0) is 44.0 Å². The van der Waals surface area contributed by atoms with Crippen molar-refractivity contribution in [3.63, 3.8) is 0 Å².